The van der Waals surface area contributed by atoms with Crippen LogP contribution in [0.1, 0.15) is 47.1 Å². The molecule has 1 aromatic heterocycles. The number of hydrogen-bond donors (Lipinski definition) is 1. The summed E-state index contributed by atoms with van der Waals surface area (Å²) >= 11 is 3.36. The molecule has 0 bridgehead atoms. The molecule has 0 spiro atoms. The van der Waals surface area contributed by atoms with Gasteiger partial charge in [0.05, 0.1) is 17.9 Å². The van der Waals surface area contributed by atoms with Crippen molar-refractivity contribution in [2.75, 3.05) is 5.32 Å². The third-order valence-electron chi connectivity index (χ3n) is 2.66. The van der Waals surface area contributed by atoms with Gasteiger partial charge < -0.3 is 5.32 Å². The fraction of sp³-hybridized carbons (Fsp3) is 0.692. The van der Waals surface area contributed by atoms with Crippen molar-refractivity contribution in [1.29, 1.82) is 0 Å². The highest BCUT2D eigenvalue weighted by molar-refractivity contribution is 9.10. The van der Waals surface area contributed by atoms with Crippen LogP contribution in [0.2, 0.25) is 0 Å². The first-order valence-corrected chi connectivity index (χ1v) is 7.16. The molecular weight excluding hydrogens is 294 g/mol. The topological polar surface area (TPSA) is 46.9 Å². The normalized spacial score (nSPS) is 13.1. The second-order valence-electron chi connectivity index (χ2n) is 5.39. The van der Waals surface area contributed by atoms with Crippen molar-refractivity contribution in [3.05, 3.63) is 21.0 Å². The SMILES string of the molecule is CC(C)CC(C)Nc1cnn(C(C)C)c(=O)c1Br. The van der Waals surface area contributed by atoms with Gasteiger partial charge in [-0.1, -0.05) is 13.8 Å². The Morgan fingerprint density at radius 3 is 2.44 bits per heavy atom. The lowest BCUT2D eigenvalue weighted by Gasteiger charge is -2.18. The summed E-state index contributed by atoms with van der Waals surface area (Å²) in [6, 6.07) is 0.383. The molecule has 0 saturated heterocycles. The average Bonchev–Trinajstić information content (AvgIpc) is 2.23. The van der Waals surface area contributed by atoms with Crippen LogP contribution in [0.15, 0.2) is 15.5 Å². The first kappa shape index (κ1) is 15.2. The fourth-order valence-corrected chi connectivity index (χ4v) is 2.34. The van der Waals surface area contributed by atoms with E-state index in [1.165, 1.54) is 4.68 Å². The van der Waals surface area contributed by atoms with Crippen LogP contribution in [0.4, 0.5) is 5.69 Å². The van der Waals surface area contributed by atoms with Gasteiger partial charge in [0.25, 0.3) is 5.56 Å². The second kappa shape index (κ2) is 6.36. The van der Waals surface area contributed by atoms with Crippen LogP contribution in [0, 0.1) is 5.92 Å². The molecule has 0 radical (unpaired) electrons. The van der Waals surface area contributed by atoms with Crippen LogP contribution < -0.4 is 10.9 Å². The van der Waals surface area contributed by atoms with E-state index in [-0.39, 0.29) is 11.6 Å². The molecule has 1 heterocycles. The van der Waals surface area contributed by atoms with E-state index in [0.29, 0.717) is 16.4 Å². The van der Waals surface area contributed by atoms with Crippen LogP contribution >= 0.6 is 15.9 Å². The van der Waals surface area contributed by atoms with Gasteiger partial charge in [0, 0.05) is 6.04 Å². The molecular formula is C13H22BrN3O. The molecule has 5 heteroatoms. The second-order valence-corrected chi connectivity index (χ2v) is 6.18. The first-order valence-electron chi connectivity index (χ1n) is 6.36. The summed E-state index contributed by atoms with van der Waals surface area (Å²) in [5.41, 5.74) is 0.678. The van der Waals surface area contributed by atoms with E-state index in [1.54, 1.807) is 6.20 Å². The van der Waals surface area contributed by atoms with Crippen molar-refractivity contribution in [2.24, 2.45) is 5.92 Å². The highest BCUT2D eigenvalue weighted by Crippen LogP contribution is 2.19. The van der Waals surface area contributed by atoms with Crippen molar-refractivity contribution < 1.29 is 0 Å². The molecule has 4 nitrogen and oxygen atoms in total. The molecule has 0 aliphatic rings. The Kier molecular flexibility index (Phi) is 5.38. The molecule has 0 aliphatic carbocycles. The third kappa shape index (κ3) is 3.83. The van der Waals surface area contributed by atoms with Crippen LogP contribution in [-0.4, -0.2) is 15.8 Å². The monoisotopic (exact) mass is 315 g/mol. The third-order valence-corrected chi connectivity index (χ3v) is 3.43. The zero-order valence-corrected chi connectivity index (χ0v) is 13.3. The Hall–Kier alpha value is -0.840. The summed E-state index contributed by atoms with van der Waals surface area (Å²) in [5.74, 6) is 0.621. The molecule has 102 valence electrons. The van der Waals surface area contributed by atoms with Gasteiger partial charge in [0.15, 0.2) is 0 Å². The zero-order chi connectivity index (χ0) is 13.9. The van der Waals surface area contributed by atoms with Crippen LogP contribution in [0.25, 0.3) is 0 Å². The molecule has 1 atom stereocenters. The molecule has 18 heavy (non-hydrogen) atoms. The maximum absolute atomic E-state index is 12.0. The van der Waals surface area contributed by atoms with E-state index in [2.05, 4.69) is 47.1 Å². The molecule has 0 aromatic carbocycles. The van der Waals surface area contributed by atoms with Gasteiger partial charge in [-0.25, -0.2) is 4.68 Å². The van der Waals surface area contributed by atoms with Gasteiger partial charge in [-0.3, -0.25) is 4.79 Å². The van der Waals surface area contributed by atoms with Gasteiger partial charge in [-0.2, -0.15) is 5.10 Å². The highest BCUT2D eigenvalue weighted by atomic mass is 79.9. The number of nitrogens with one attached hydrogen (secondary N) is 1. The number of rotatable bonds is 5. The van der Waals surface area contributed by atoms with Gasteiger partial charge in [0.1, 0.15) is 4.47 Å². The number of aromatic nitrogens is 2. The molecule has 0 fully saturated rings. The molecule has 0 aliphatic heterocycles. The van der Waals surface area contributed by atoms with Crippen LogP contribution in [-0.2, 0) is 0 Å². The minimum atomic E-state index is -0.0910. The van der Waals surface area contributed by atoms with Gasteiger partial charge in [-0.15, -0.1) is 0 Å². The van der Waals surface area contributed by atoms with Gasteiger partial charge in [-0.05, 0) is 49.0 Å². The van der Waals surface area contributed by atoms with E-state index in [1.807, 2.05) is 13.8 Å². The largest absolute Gasteiger partial charge is 0.380 e. The molecule has 1 N–H and O–H groups in total. The number of nitrogens with zero attached hydrogens (tertiary/aromatic N) is 2. The zero-order valence-electron chi connectivity index (χ0n) is 11.7. The molecule has 0 saturated carbocycles. The summed E-state index contributed by atoms with van der Waals surface area (Å²) in [5, 5.41) is 7.51. The number of halogens is 1. The Morgan fingerprint density at radius 1 is 1.33 bits per heavy atom. The van der Waals surface area contributed by atoms with E-state index in [9.17, 15) is 4.79 Å². The quantitative estimate of drug-likeness (QED) is 0.905. The molecule has 0 amide bonds. The van der Waals surface area contributed by atoms with Gasteiger partial charge >= 0.3 is 0 Å². The standard InChI is InChI=1S/C13H22BrN3O/c1-8(2)6-10(5)16-11-7-15-17(9(3)4)13(18)12(11)14/h7-10,16H,6H2,1-5H3. The highest BCUT2D eigenvalue weighted by Gasteiger charge is 2.13. The Morgan fingerprint density at radius 2 is 1.94 bits per heavy atom. The molecule has 1 aromatic rings. The Balaban J connectivity index is 2.92. The number of hydrogen-bond acceptors (Lipinski definition) is 3. The van der Waals surface area contributed by atoms with E-state index in [0.717, 1.165) is 12.1 Å². The minimum absolute atomic E-state index is 0.0657. The summed E-state index contributed by atoms with van der Waals surface area (Å²) in [6.45, 7) is 10.4. The van der Waals surface area contributed by atoms with Crippen molar-refractivity contribution in [3.63, 3.8) is 0 Å². The van der Waals surface area contributed by atoms with Crippen molar-refractivity contribution in [1.82, 2.24) is 9.78 Å². The summed E-state index contributed by atoms with van der Waals surface area (Å²) in [4.78, 5) is 12.0. The smallest absolute Gasteiger partial charge is 0.283 e. The summed E-state index contributed by atoms with van der Waals surface area (Å²) in [7, 11) is 0. The molecule has 1 unspecified atom stereocenters. The summed E-state index contributed by atoms with van der Waals surface area (Å²) < 4.78 is 2.03. The maximum Gasteiger partial charge on any atom is 0.283 e. The van der Waals surface area contributed by atoms with Gasteiger partial charge in [0.2, 0.25) is 0 Å². The van der Waals surface area contributed by atoms with E-state index in [4.69, 9.17) is 0 Å². The summed E-state index contributed by atoms with van der Waals surface area (Å²) in [6.07, 6.45) is 2.77. The lowest BCUT2D eigenvalue weighted by atomic mass is 10.1. The predicted molar refractivity (Wildman–Crippen MR) is 79.1 cm³/mol. The van der Waals surface area contributed by atoms with E-state index < -0.39 is 0 Å². The van der Waals surface area contributed by atoms with Crippen molar-refractivity contribution in [2.45, 2.75) is 53.1 Å². The van der Waals surface area contributed by atoms with Crippen molar-refractivity contribution >= 4 is 21.6 Å². The molecule has 1 rings (SSSR count). The van der Waals surface area contributed by atoms with E-state index >= 15 is 0 Å². The fourth-order valence-electron chi connectivity index (χ4n) is 1.94. The minimum Gasteiger partial charge on any atom is -0.380 e. The van der Waals surface area contributed by atoms with Crippen LogP contribution in [0.3, 0.4) is 0 Å². The number of anilines is 1. The Labute approximate surface area is 117 Å². The van der Waals surface area contributed by atoms with Crippen LogP contribution in [0.5, 0.6) is 0 Å². The Bertz CT molecular complexity index is 454. The maximum atomic E-state index is 12.0. The first-order chi connectivity index (χ1) is 8.32. The predicted octanol–water partition coefficient (Wildman–Crippen LogP) is 3.43. The average molecular weight is 316 g/mol. The lowest BCUT2D eigenvalue weighted by Crippen LogP contribution is -2.27. The van der Waals surface area contributed by atoms with Crippen molar-refractivity contribution in [3.8, 4) is 0 Å². The lowest BCUT2D eigenvalue weighted by molar-refractivity contribution is 0.499.